The summed E-state index contributed by atoms with van der Waals surface area (Å²) in [6.07, 6.45) is 1.03. The maximum absolute atomic E-state index is 5.45. The Morgan fingerprint density at radius 2 is 2.23 bits per heavy atom. The zero-order chi connectivity index (χ0) is 15.4. The molecule has 1 saturated heterocycles. The lowest BCUT2D eigenvalue weighted by Crippen LogP contribution is -2.08. The molecule has 5 heteroatoms. The summed E-state index contributed by atoms with van der Waals surface area (Å²) >= 11 is 0. The summed E-state index contributed by atoms with van der Waals surface area (Å²) in [4.78, 5) is 9.02. The molecule has 1 atom stereocenters. The minimum absolute atomic E-state index is 0.388. The number of aryl methyl sites for hydroxylation is 1. The molecule has 0 radical (unpaired) electrons. The zero-order valence-electron chi connectivity index (χ0n) is 13.0. The third-order valence-electron chi connectivity index (χ3n) is 3.81. The van der Waals surface area contributed by atoms with E-state index in [1.807, 2.05) is 31.2 Å². The van der Waals surface area contributed by atoms with Crippen LogP contribution in [0.3, 0.4) is 0 Å². The van der Waals surface area contributed by atoms with Crippen molar-refractivity contribution in [1.29, 1.82) is 0 Å². The summed E-state index contributed by atoms with van der Waals surface area (Å²) in [5.41, 5.74) is 2.22. The highest BCUT2D eigenvalue weighted by Gasteiger charge is 2.20. The van der Waals surface area contributed by atoms with Crippen LogP contribution in [-0.4, -0.2) is 30.3 Å². The second-order valence-corrected chi connectivity index (χ2v) is 5.49. The minimum Gasteiger partial charge on any atom is -0.497 e. The lowest BCUT2D eigenvalue weighted by Gasteiger charge is -2.12. The number of anilines is 1. The Balaban J connectivity index is 1.71. The summed E-state index contributed by atoms with van der Waals surface area (Å²) in [5.74, 6) is 2.90. The fraction of sp³-hybridized carbons (Fsp3) is 0.412. The van der Waals surface area contributed by atoms with Gasteiger partial charge in [0.15, 0.2) is 0 Å². The number of aromatic nitrogens is 2. The lowest BCUT2D eigenvalue weighted by molar-refractivity contribution is 0.193. The van der Waals surface area contributed by atoms with E-state index < -0.39 is 0 Å². The first-order valence-corrected chi connectivity index (χ1v) is 7.55. The standard InChI is InChI=1S/C17H21N3O2/c1-12-19-16(14-6-7-22-11-14)9-17(20-12)18-10-13-4-3-5-15(8-13)21-2/h3-5,8-9,14H,6-7,10-11H2,1-2H3,(H,18,19,20)/t14-/m0/s1. The number of benzene rings is 1. The van der Waals surface area contributed by atoms with Crippen LogP contribution in [-0.2, 0) is 11.3 Å². The van der Waals surface area contributed by atoms with Crippen molar-refractivity contribution in [3.63, 3.8) is 0 Å². The van der Waals surface area contributed by atoms with Crippen molar-refractivity contribution in [2.75, 3.05) is 25.6 Å². The largest absolute Gasteiger partial charge is 0.497 e. The van der Waals surface area contributed by atoms with Crippen LogP contribution in [0.25, 0.3) is 0 Å². The van der Waals surface area contributed by atoms with Crippen LogP contribution >= 0.6 is 0 Å². The van der Waals surface area contributed by atoms with Crippen LogP contribution in [0.5, 0.6) is 5.75 Å². The van der Waals surface area contributed by atoms with E-state index in [2.05, 4.69) is 21.4 Å². The fourth-order valence-corrected chi connectivity index (χ4v) is 2.63. The smallest absolute Gasteiger partial charge is 0.130 e. The van der Waals surface area contributed by atoms with Crippen molar-refractivity contribution in [1.82, 2.24) is 9.97 Å². The Kier molecular flexibility index (Phi) is 4.53. The van der Waals surface area contributed by atoms with Gasteiger partial charge in [0.05, 0.1) is 19.4 Å². The summed E-state index contributed by atoms with van der Waals surface area (Å²) in [6.45, 7) is 4.20. The van der Waals surface area contributed by atoms with Gasteiger partial charge in [-0.2, -0.15) is 0 Å². The molecule has 3 rings (SSSR count). The van der Waals surface area contributed by atoms with Gasteiger partial charge in [0, 0.05) is 25.1 Å². The summed E-state index contributed by atoms with van der Waals surface area (Å²) in [7, 11) is 1.68. The molecule has 2 heterocycles. The van der Waals surface area contributed by atoms with Gasteiger partial charge in [-0.15, -0.1) is 0 Å². The highest BCUT2D eigenvalue weighted by molar-refractivity contribution is 5.39. The first-order valence-electron chi connectivity index (χ1n) is 7.55. The van der Waals surface area contributed by atoms with E-state index >= 15 is 0 Å². The summed E-state index contributed by atoms with van der Waals surface area (Å²) < 4.78 is 10.7. The normalized spacial score (nSPS) is 17.5. The van der Waals surface area contributed by atoms with Crippen molar-refractivity contribution >= 4 is 5.82 Å². The van der Waals surface area contributed by atoms with Crippen LogP contribution in [0.15, 0.2) is 30.3 Å². The van der Waals surface area contributed by atoms with Gasteiger partial charge in [-0.1, -0.05) is 12.1 Å². The first kappa shape index (κ1) is 14.8. The number of methoxy groups -OCH3 is 1. The molecule has 0 bridgehead atoms. The van der Waals surface area contributed by atoms with E-state index in [0.29, 0.717) is 12.5 Å². The molecule has 1 aliphatic rings. The molecule has 0 unspecified atom stereocenters. The third-order valence-corrected chi connectivity index (χ3v) is 3.81. The van der Waals surface area contributed by atoms with Crippen molar-refractivity contribution in [3.8, 4) is 5.75 Å². The van der Waals surface area contributed by atoms with Crippen molar-refractivity contribution in [2.45, 2.75) is 25.8 Å². The average Bonchev–Trinajstić information content (AvgIpc) is 3.07. The predicted molar refractivity (Wildman–Crippen MR) is 85.3 cm³/mol. The summed E-state index contributed by atoms with van der Waals surface area (Å²) in [5, 5.41) is 3.37. The molecule has 1 aromatic carbocycles. The Morgan fingerprint density at radius 1 is 1.32 bits per heavy atom. The maximum atomic E-state index is 5.45. The molecule has 1 aromatic heterocycles. The molecule has 0 saturated carbocycles. The van der Waals surface area contributed by atoms with Crippen LogP contribution in [0, 0.1) is 6.92 Å². The molecule has 1 fully saturated rings. The van der Waals surface area contributed by atoms with Crippen molar-refractivity contribution in [2.24, 2.45) is 0 Å². The fourth-order valence-electron chi connectivity index (χ4n) is 2.63. The Morgan fingerprint density at radius 3 is 3.00 bits per heavy atom. The molecule has 1 N–H and O–H groups in total. The molecule has 22 heavy (non-hydrogen) atoms. The third kappa shape index (κ3) is 3.54. The van der Waals surface area contributed by atoms with E-state index in [9.17, 15) is 0 Å². The topological polar surface area (TPSA) is 56.3 Å². The maximum Gasteiger partial charge on any atom is 0.130 e. The predicted octanol–water partition coefficient (Wildman–Crippen LogP) is 2.91. The Hall–Kier alpha value is -2.14. The molecule has 2 aromatic rings. The molecule has 5 nitrogen and oxygen atoms in total. The number of hydrogen-bond donors (Lipinski definition) is 1. The quantitative estimate of drug-likeness (QED) is 0.920. The van der Waals surface area contributed by atoms with E-state index in [1.165, 1.54) is 0 Å². The van der Waals surface area contributed by atoms with Crippen molar-refractivity contribution in [3.05, 3.63) is 47.4 Å². The van der Waals surface area contributed by atoms with Gasteiger partial charge in [0.1, 0.15) is 17.4 Å². The molecular weight excluding hydrogens is 278 g/mol. The van der Waals surface area contributed by atoms with Gasteiger partial charge >= 0.3 is 0 Å². The molecule has 116 valence electrons. The van der Waals surface area contributed by atoms with Crippen molar-refractivity contribution < 1.29 is 9.47 Å². The number of hydrogen-bond acceptors (Lipinski definition) is 5. The highest BCUT2D eigenvalue weighted by Crippen LogP contribution is 2.25. The van der Waals surface area contributed by atoms with Gasteiger partial charge in [-0.25, -0.2) is 9.97 Å². The highest BCUT2D eigenvalue weighted by atomic mass is 16.5. The summed E-state index contributed by atoms with van der Waals surface area (Å²) in [6, 6.07) is 10.0. The number of ether oxygens (including phenoxy) is 2. The monoisotopic (exact) mass is 299 g/mol. The van der Waals surface area contributed by atoms with E-state index in [-0.39, 0.29) is 0 Å². The second kappa shape index (κ2) is 6.75. The van der Waals surface area contributed by atoms with Crippen LogP contribution < -0.4 is 10.1 Å². The van der Waals surface area contributed by atoms with Crippen LogP contribution in [0.4, 0.5) is 5.82 Å². The molecule has 0 aliphatic carbocycles. The van der Waals surface area contributed by atoms with Gasteiger partial charge in [0.25, 0.3) is 0 Å². The number of nitrogens with one attached hydrogen (secondary N) is 1. The Labute approximate surface area is 130 Å². The number of rotatable bonds is 5. The van der Waals surface area contributed by atoms with Gasteiger partial charge in [-0.3, -0.25) is 0 Å². The van der Waals surface area contributed by atoms with E-state index in [0.717, 1.165) is 48.3 Å². The van der Waals surface area contributed by atoms with E-state index in [4.69, 9.17) is 9.47 Å². The second-order valence-electron chi connectivity index (χ2n) is 5.49. The first-order chi connectivity index (χ1) is 10.7. The Bertz CT molecular complexity index is 640. The van der Waals surface area contributed by atoms with Crippen LogP contribution in [0.1, 0.15) is 29.4 Å². The van der Waals surface area contributed by atoms with Crippen LogP contribution in [0.2, 0.25) is 0 Å². The minimum atomic E-state index is 0.388. The zero-order valence-corrected chi connectivity index (χ0v) is 13.0. The molecule has 0 amide bonds. The molecular formula is C17H21N3O2. The average molecular weight is 299 g/mol. The number of nitrogens with zero attached hydrogens (tertiary/aromatic N) is 2. The lowest BCUT2D eigenvalue weighted by atomic mass is 10.0. The SMILES string of the molecule is COc1cccc(CNc2cc([C@H]3CCOC3)nc(C)n2)c1. The van der Waals surface area contributed by atoms with Gasteiger partial charge < -0.3 is 14.8 Å². The van der Waals surface area contributed by atoms with Gasteiger partial charge in [0.2, 0.25) is 0 Å². The van der Waals surface area contributed by atoms with E-state index in [1.54, 1.807) is 7.11 Å². The molecule has 0 spiro atoms. The van der Waals surface area contributed by atoms with Gasteiger partial charge in [-0.05, 0) is 31.0 Å². The molecule has 1 aliphatic heterocycles.